The van der Waals surface area contributed by atoms with Gasteiger partial charge in [-0.05, 0) is 56.8 Å². The molecule has 0 radical (unpaired) electrons. The molecule has 2 unspecified atom stereocenters. The van der Waals surface area contributed by atoms with Crippen molar-refractivity contribution >= 4 is 34.2 Å². The van der Waals surface area contributed by atoms with E-state index in [-0.39, 0.29) is 18.4 Å². The minimum Gasteiger partial charge on any atom is -0.462 e. The van der Waals surface area contributed by atoms with Crippen LogP contribution in [0.2, 0.25) is 0 Å². The van der Waals surface area contributed by atoms with Gasteiger partial charge in [-0.2, -0.15) is 10.3 Å². The molecule has 2 aromatic rings. The van der Waals surface area contributed by atoms with Gasteiger partial charge in [0, 0.05) is 55.8 Å². The molecule has 10 heteroatoms. The van der Waals surface area contributed by atoms with Crippen LogP contribution >= 0.6 is 0 Å². The molecule has 2 aromatic carbocycles. The topological polar surface area (TPSA) is 87.8 Å². The van der Waals surface area contributed by atoms with Crippen LogP contribution in [-0.4, -0.2) is 104 Å². The van der Waals surface area contributed by atoms with Crippen LogP contribution < -0.4 is 4.90 Å². The summed E-state index contributed by atoms with van der Waals surface area (Å²) >= 11 is 0. The van der Waals surface area contributed by atoms with Crippen LogP contribution in [0.25, 0.3) is 10.8 Å². The zero-order chi connectivity index (χ0) is 30.1. The van der Waals surface area contributed by atoms with Crippen LogP contribution in [0, 0.1) is 24.2 Å². The van der Waals surface area contributed by atoms with E-state index in [4.69, 9.17) is 14.7 Å². The molecule has 3 saturated heterocycles. The second-order valence-corrected chi connectivity index (χ2v) is 12.2. The molecule has 0 spiro atoms. The van der Waals surface area contributed by atoms with Crippen LogP contribution in [-0.2, 0) is 9.53 Å². The number of rotatable bonds is 5. The lowest BCUT2D eigenvalue weighted by atomic mass is 9.88. The molecule has 43 heavy (non-hydrogen) atoms. The first-order valence-electron chi connectivity index (χ1n) is 15.3. The molecule has 0 aromatic heterocycles. The molecule has 1 amide bonds. The fourth-order valence-corrected chi connectivity index (χ4v) is 7.21. The van der Waals surface area contributed by atoms with Gasteiger partial charge in [0.2, 0.25) is 0 Å². The van der Waals surface area contributed by atoms with Gasteiger partial charge < -0.3 is 24.3 Å². The van der Waals surface area contributed by atoms with Crippen molar-refractivity contribution < 1.29 is 13.9 Å². The Morgan fingerprint density at radius 3 is 2.65 bits per heavy atom. The summed E-state index contributed by atoms with van der Waals surface area (Å²) in [5, 5.41) is 12.0. The van der Waals surface area contributed by atoms with E-state index in [9.17, 15) is 14.4 Å². The quantitative estimate of drug-likeness (QED) is 0.491. The van der Waals surface area contributed by atoms with E-state index in [1.807, 2.05) is 0 Å². The third kappa shape index (κ3) is 5.83. The summed E-state index contributed by atoms with van der Waals surface area (Å²) in [6.45, 7) is 9.73. The van der Waals surface area contributed by atoms with Gasteiger partial charge >= 0.3 is 6.02 Å². The Morgan fingerprint density at radius 1 is 1.09 bits per heavy atom. The standard InChI is InChI=1S/C33H40FN7O2/c1-22-7-4-8-24-9-5-11-29(30(22)24)39-16-13-27-28(20-39)36-33(43-21-26-10-6-15-38(26)3)37-31(27)40-17-18-41(32(42)23(2)34)25(19-40)12-14-35/h4-5,7-9,11,25-28H,2,6,10,12-13,15-21H2,1,3H3/t25-,26+,27?,28?/m0/s1. The van der Waals surface area contributed by atoms with Crippen molar-refractivity contribution in [2.75, 3.05) is 57.8 Å². The molecule has 4 heterocycles. The second-order valence-electron chi connectivity index (χ2n) is 12.2. The molecule has 9 nitrogen and oxygen atoms in total. The minimum atomic E-state index is -0.998. The highest BCUT2D eigenvalue weighted by Crippen LogP contribution is 2.35. The van der Waals surface area contributed by atoms with Gasteiger partial charge in [-0.25, -0.2) is 9.38 Å². The fourth-order valence-electron chi connectivity index (χ4n) is 7.21. The number of nitrogens with zero attached hydrogens (tertiary/aromatic N) is 7. The summed E-state index contributed by atoms with van der Waals surface area (Å²) in [5.41, 5.74) is 2.47. The summed E-state index contributed by atoms with van der Waals surface area (Å²) in [7, 11) is 2.13. The summed E-state index contributed by atoms with van der Waals surface area (Å²) in [6, 6.07) is 15.3. The number of aryl methyl sites for hydroxylation is 1. The van der Waals surface area contributed by atoms with Gasteiger partial charge in [0.1, 0.15) is 12.4 Å². The van der Waals surface area contributed by atoms with Crippen LogP contribution in [0.4, 0.5) is 10.1 Å². The van der Waals surface area contributed by atoms with Crippen molar-refractivity contribution in [1.29, 1.82) is 5.26 Å². The number of likely N-dealkylation sites (N-methyl/N-ethyl adjacent to an activating group) is 1. The maximum atomic E-state index is 13.8. The zero-order valence-corrected chi connectivity index (χ0v) is 25.1. The predicted octanol–water partition coefficient (Wildman–Crippen LogP) is 4.13. The van der Waals surface area contributed by atoms with E-state index in [1.54, 1.807) is 0 Å². The van der Waals surface area contributed by atoms with Crippen molar-refractivity contribution in [2.45, 2.75) is 50.7 Å². The second kappa shape index (κ2) is 12.3. The first-order chi connectivity index (χ1) is 20.8. The number of likely N-dealkylation sites (tertiary alicyclic amines) is 1. The van der Waals surface area contributed by atoms with Gasteiger partial charge in [-0.3, -0.25) is 4.79 Å². The zero-order valence-electron chi connectivity index (χ0n) is 25.1. The molecular weight excluding hydrogens is 545 g/mol. The molecule has 0 bridgehead atoms. The van der Waals surface area contributed by atoms with Gasteiger partial charge in [0.15, 0.2) is 5.83 Å². The van der Waals surface area contributed by atoms with Crippen molar-refractivity contribution in [3.8, 4) is 6.07 Å². The normalized spacial score (nSPS) is 26.0. The Bertz CT molecular complexity index is 1490. The van der Waals surface area contributed by atoms with E-state index in [1.165, 1.54) is 26.9 Å². The molecule has 4 aliphatic heterocycles. The molecule has 226 valence electrons. The maximum Gasteiger partial charge on any atom is 0.313 e. The Morgan fingerprint density at radius 2 is 1.91 bits per heavy atom. The number of carbonyl (C=O) groups excluding carboxylic acids is 1. The number of piperidine rings is 1. The third-order valence-electron chi connectivity index (χ3n) is 9.53. The number of anilines is 1. The Labute approximate surface area is 252 Å². The average molecular weight is 586 g/mol. The molecule has 0 aliphatic carbocycles. The summed E-state index contributed by atoms with van der Waals surface area (Å²) in [4.78, 5) is 31.0. The van der Waals surface area contributed by atoms with E-state index in [0.717, 1.165) is 44.7 Å². The maximum absolute atomic E-state index is 13.8. The van der Waals surface area contributed by atoms with Gasteiger partial charge in [0.05, 0.1) is 24.6 Å². The van der Waals surface area contributed by atoms with Crippen LogP contribution in [0.3, 0.4) is 0 Å². The van der Waals surface area contributed by atoms with Gasteiger partial charge in [-0.1, -0.05) is 36.9 Å². The molecule has 4 atom stereocenters. The number of halogens is 1. The van der Waals surface area contributed by atoms with Crippen molar-refractivity contribution in [3.63, 3.8) is 0 Å². The van der Waals surface area contributed by atoms with E-state index < -0.39 is 17.8 Å². The van der Waals surface area contributed by atoms with Crippen molar-refractivity contribution in [1.82, 2.24) is 14.7 Å². The van der Waals surface area contributed by atoms with Crippen molar-refractivity contribution in [3.05, 3.63) is 54.4 Å². The van der Waals surface area contributed by atoms with Crippen LogP contribution in [0.5, 0.6) is 0 Å². The fraction of sp³-hybridized carbons (Fsp3) is 0.515. The summed E-state index contributed by atoms with van der Waals surface area (Å²) in [5.74, 6) is -0.761. The largest absolute Gasteiger partial charge is 0.462 e. The van der Waals surface area contributed by atoms with Crippen molar-refractivity contribution in [2.24, 2.45) is 15.9 Å². The number of amidine groups is 2. The molecule has 4 aliphatic rings. The average Bonchev–Trinajstić information content (AvgIpc) is 3.43. The highest BCUT2D eigenvalue weighted by atomic mass is 19.1. The Balaban J connectivity index is 1.28. The number of piperazine rings is 1. The number of hydrogen-bond acceptors (Lipinski definition) is 8. The highest BCUT2D eigenvalue weighted by molar-refractivity contribution is 5.99. The number of nitriles is 1. The number of hydrogen-bond donors (Lipinski definition) is 0. The summed E-state index contributed by atoms with van der Waals surface area (Å²) < 4.78 is 20.1. The molecular formula is C33H40FN7O2. The Hall–Kier alpha value is -3.97. The SMILES string of the molecule is C=C(F)C(=O)N1CCN(C2=NC(OC[C@H]3CCCN3C)=NC3CN(c4cccc5cccc(C)c45)CCC23)C[C@@H]1CC#N. The Kier molecular flexibility index (Phi) is 8.35. The van der Waals surface area contributed by atoms with Gasteiger partial charge in [0.25, 0.3) is 5.91 Å². The highest BCUT2D eigenvalue weighted by Gasteiger charge is 2.42. The molecule has 0 saturated carbocycles. The molecule has 0 N–H and O–H groups in total. The lowest BCUT2D eigenvalue weighted by Gasteiger charge is -2.46. The lowest BCUT2D eigenvalue weighted by Crippen LogP contribution is -2.60. The van der Waals surface area contributed by atoms with E-state index >= 15 is 0 Å². The number of ether oxygens (including phenoxy) is 1. The predicted molar refractivity (Wildman–Crippen MR) is 167 cm³/mol. The van der Waals surface area contributed by atoms with E-state index in [2.05, 4.69) is 77.7 Å². The molecule has 3 fully saturated rings. The van der Waals surface area contributed by atoms with Crippen LogP contribution in [0.15, 0.2) is 58.8 Å². The van der Waals surface area contributed by atoms with Gasteiger partial charge in [-0.15, -0.1) is 0 Å². The number of benzene rings is 2. The number of aliphatic imine (C=N–C) groups is 2. The first-order valence-corrected chi connectivity index (χ1v) is 15.3. The summed E-state index contributed by atoms with van der Waals surface area (Å²) in [6.07, 6.45) is 3.21. The third-order valence-corrected chi connectivity index (χ3v) is 9.53. The van der Waals surface area contributed by atoms with E-state index in [0.29, 0.717) is 38.3 Å². The smallest absolute Gasteiger partial charge is 0.313 e. The first kappa shape index (κ1) is 29.1. The monoisotopic (exact) mass is 585 g/mol. The minimum absolute atomic E-state index is 0.0588. The number of carbonyl (C=O) groups is 1. The number of fused-ring (bicyclic) bond motifs is 2. The number of amides is 1. The molecule has 6 rings (SSSR count). The van der Waals surface area contributed by atoms with Crippen LogP contribution in [0.1, 0.15) is 31.2 Å². The lowest BCUT2D eigenvalue weighted by molar-refractivity contribution is -0.132.